The van der Waals surface area contributed by atoms with Crippen molar-refractivity contribution in [1.82, 2.24) is 9.97 Å². The lowest BCUT2D eigenvalue weighted by Gasteiger charge is -2.24. The van der Waals surface area contributed by atoms with Gasteiger partial charge >= 0.3 is 0 Å². The summed E-state index contributed by atoms with van der Waals surface area (Å²) in [4.78, 5) is 9.02. The first-order valence-corrected chi connectivity index (χ1v) is 7.28. The van der Waals surface area contributed by atoms with Gasteiger partial charge in [-0.1, -0.05) is 18.2 Å². The van der Waals surface area contributed by atoms with Crippen molar-refractivity contribution in [2.24, 2.45) is 0 Å². The van der Waals surface area contributed by atoms with Gasteiger partial charge in [0.2, 0.25) is 6.29 Å². The molecule has 106 valence electrons. The van der Waals surface area contributed by atoms with Crippen molar-refractivity contribution in [1.29, 1.82) is 0 Å². The van der Waals surface area contributed by atoms with Crippen LogP contribution in [-0.4, -0.2) is 23.6 Å². The maximum absolute atomic E-state index is 5.52. The average Bonchev–Trinajstić information content (AvgIpc) is 2.55. The second-order valence-electron chi connectivity index (χ2n) is 4.64. The highest BCUT2D eigenvalue weighted by Crippen LogP contribution is 2.35. The molecule has 0 unspecified atom stereocenters. The number of hydrogen-bond donors (Lipinski definition) is 0. The number of pyridine rings is 2. The van der Waals surface area contributed by atoms with Crippen molar-refractivity contribution >= 4 is 37.6 Å². The van der Waals surface area contributed by atoms with Crippen LogP contribution in [0.2, 0.25) is 0 Å². The van der Waals surface area contributed by atoms with Crippen molar-refractivity contribution < 1.29 is 14.2 Å². The Balaban J connectivity index is 2.06. The molecule has 0 saturated carbocycles. The van der Waals surface area contributed by atoms with Gasteiger partial charge in [-0.05, 0) is 33.4 Å². The van der Waals surface area contributed by atoms with Gasteiger partial charge in [0.05, 0.1) is 5.52 Å². The molecule has 0 N–H and O–H groups in total. The Bertz CT molecular complexity index is 818. The SMILES string of the molecule is Brc1nccc2c1c(C1OCOCO1)nc1ccccc12. The van der Waals surface area contributed by atoms with E-state index in [1.54, 1.807) is 6.20 Å². The summed E-state index contributed by atoms with van der Waals surface area (Å²) in [6, 6.07) is 9.97. The topological polar surface area (TPSA) is 53.5 Å². The summed E-state index contributed by atoms with van der Waals surface area (Å²) in [6.07, 6.45) is 1.22. The molecular weight excluding hydrogens is 336 g/mol. The summed E-state index contributed by atoms with van der Waals surface area (Å²) >= 11 is 3.51. The van der Waals surface area contributed by atoms with Gasteiger partial charge in [0.15, 0.2) is 13.6 Å². The van der Waals surface area contributed by atoms with Gasteiger partial charge < -0.3 is 14.2 Å². The zero-order chi connectivity index (χ0) is 14.2. The van der Waals surface area contributed by atoms with Crippen LogP contribution in [0.1, 0.15) is 12.0 Å². The molecular formula is C15H11BrN2O3. The van der Waals surface area contributed by atoms with E-state index in [0.29, 0.717) is 5.69 Å². The van der Waals surface area contributed by atoms with Crippen LogP contribution in [0.25, 0.3) is 21.7 Å². The van der Waals surface area contributed by atoms with Crippen molar-refractivity contribution in [3.05, 3.63) is 46.8 Å². The number of para-hydroxylation sites is 1. The van der Waals surface area contributed by atoms with Gasteiger partial charge in [-0.2, -0.15) is 0 Å². The fourth-order valence-electron chi connectivity index (χ4n) is 2.52. The van der Waals surface area contributed by atoms with E-state index in [-0.39, 0.29) is 13.6 Å². The maximum atomic E-state index is 5.52. The fourth-order valence-corrected chi connectivity index (χ4v) is 3.05. The van der Waals surface area contributed by atoms with Gasteiger partial charge in [0, 0.05) is 17.0 Å². The van der Waals surface area contributed by atoms with Gasteiger partial charge in [-0.15, -0.1) is 0 Å². The van der Waals surface area contributed by atoms with Crippen LogP contribution in [0.3, 0.4) is 0 Å². The molecule has 1 aliphatic heterocycles. The van der Waals surface area contributed by atoms with Crippen LogP contribution in [0.15, 0.2) is 41.1 Å². The van der Waals surface area contributed by atoms with Gasteiger partial charge in [-0.25, -0.2) is 9.97 Å². The van der Waals surface area contributed by atoms with Crippen LogP contribution in [0, 0.1) is 0 Å². The number of rotatable bonds is 1. The smallest absolute Gasteiger partial charge is 0.206 e. The first kappa shape index (κ1) is 13.1. The Morgan fingerprint density at radius 2 is 1.86 bits per heavy atom. The number of benzene rings is 1. The van der Waals surface area contributed by atoms with Crippen LogP contribution in [-0.2, 0) is 14.2 Å². The first-order valence-electron chi connectivity index (χ1n) is 6.48. The average molecular weight is 347 g/mol. The van der Waals surface area contributed by atoms with Crippen molar-refractivity contribution in [2.45, 2.75) is 6.29 Å². The molecule has 4 rings (SSSR count). The fraction of sp³-hybridized carbons (Fsp3) is 0.200. The molecule has 0 atom stereocenters. The molecule has 21 heavy (non-hydrogen) atoms. The molecule has 1 fully saturated rings. The molecule has 3 aromatic rings. The van der Waals surface area contributed by atoms with E-state index in [1.165, 1.54) is 0 Å². The summed E-state index contributed by atoms with van der Waals surface area (Å²) in [5.74, 6) is 0. The third-order valence-corrected chi connectivity index (χ3v) is 4.03. The predicted octanol–water partition coefficient (Wildman–Crippen LogP) is 3.52. The van der Waals surface area contributed by atoms with Crippen molar-refractivity contribution in [3.8, 4) is 0 Å². The molecule has 2 aromatic heterocycles. The van der Waals surface area contributed by atoms with Crippen LogP contribution >= 0.6 is 15.9 Å². The largest absolute Gasteiger partial charge is 0.329 e. The third-order valence-electron chi connectivity index (χ3n) is 3.42. The monoisotopic (exact) mass is 346 g/mol. The van der Waals surface area contributed by atoms with Crippen LogP contribution < -0.4 is 0 Å². The Morgan fingerprint density at radius 1 is 1.05 bits per heavy atom. The summed E-state index contributed by atoms with van der Waals surface area (Å²) in [5, 5.41) is 3.05. The zero-order valence-electron chi connectivity index (χ0n) is 11.0. The van der Waals surface area contributed by atoms with E-state index in [9.17, 15) is 0 Å². The standard InChI is InChI=1S/C15H11BrN2O3/c16-14-12-10(5-6-17-14)9-3-1-2-4-11(9)18-13(12)15-20-7-19-8-21-15/h1-6,15H,7-8H2. The number of hydrogen-bond acceptors (Lipinski definition) is 5. The zero-order valence-corrected chi connectivity index (χ0v) is 12.5. The van der Waals surface area contributed by atoms with E-state index in [0.717, 1.165) is 26.3 Å². The minimum atomic E-state index is -0.550. The van der Waals surface area contributed by atoms with E-state index < -0.39 is 6.29 Å². The number of ether oxygens (including phenoxy) is 3. The lowest BCUT2D eigenvalue weighted by atomic mass is 10.1. The van der Waals surface area contributed by atoms with Crippen molar-refractivity contribution in [2.75, 3.05) is 13.6 Å². The van der Waals surface area contributed by atoms with E-state index in [2.05, 4.69) is 20.9 Å². The molecule has 1 aromatic carbocycles. The molecule has 0 aliphatic carbocycles. The van der Waals surface area contributed by atoms with Crippen LogP contribution in [0.5, 0.6) is 0 Å². The lowest BCUT2D eigenvalue weighted by molar-refractivity contribution is -0.304. The third kappa shape index (κ3) is 2.20. The van der Waals surface area contributed by atoms with Crippen molar-refractivity contribution in [3.63, 3.8) is 0 Å². The summed E-state index contributed by atoms with van der Waals surface area (Å²) in [6.45, 7) is 0.386. The molecule has 0 bridgehead atoms. The quantitative estimate of drug-likeness (QED) is 0.498. The number of halogens is 1. The Kier molecular flexibility index (Phi) is 3.31. The highest BCUT2D eigenvalue weighted by molar-refractivity contribution is 9.10. The van der Waals surface area contributed by atoms with Gasteiger partial charge in [0.25, 0.3) is 0 Å². The second-order valence-corrected chi connectivity index (χ2v) is 5.39. The molecule has 6 heteroatoms. The highest BCUT2D eigenvalue weighted by Gasteiger charge is 2.23. The van der Waals surface area contributed by atoms with E-state index >= 15 is 0 Å². The minimum absolute atomic E-state index is 0.193. The molecule has 1 saturated heterocycles. The number of fused-ring (bicyclic) bond motifs is 3. The maximum Gasteiger partial charge on any atom is 0.206 e. The van der Waals surface area contributed by atoms with Gasteiger partial charge in [0.1, 0.15) is 10.3 Å². The van der Waals surface area contributed by atoms with E-state index in [4.69, 9.17) is 19.2 Å². The van der Waals surface area contributed by atoms with Gasteiger partial charge in [-0.3, -0.25) is 0 Å². The number of aromatic nitrogens is 2. The normalized spacial score (nSPS) is 16.6. The highest BCUT2D eigenvalue weighted by atomic mass is 79.9. The molecule has 3 heterocycles. The molecule has 0 amide bonds. The Hall–Kier alpha value is -1.60. The number of nitrogens with zero attached hydrogens (tertiary/aromatic N) is 2. The predicted molar refractivity (Wildman–Crippen MR) is 80.5 cm³/mol. The minimum Gasteiger partial charge on any atom is -0.329 e. The second kappa shape index (κ2) is 5.31. The molecule has 0 radical (unpaired) electrons. The summed E-state index contributed by atoms with van der Waals surface area (Å²) in [7, 11) is 0. The summed E-state index contributed by atoms with van der Waals surface area (Å²) < 4.78 is 16.8. The molecule has 0 spiro atoms. The Morgan fingerprint density at radius 3 is 2.71 bits per heavy atom. The van der Waals surface area contributed by atoms with Crippen LogP contribution in [0.4, 0.5) is 0 Å². The Labute approximate surface area is 129 Å². The summed E-state index contributed by atoms with van der Waals surface area (Å²) in [5.41, 5.74) is 1.61. The lowest BCUT2D eigenvalue weighted by Crippen LogP contribution is -2.21. The van der Waals surface area contributed by atoms with E-state index in [1.807, 2.05) is 30.3 Å². The first-order chi connectivity index (χ1) is 10.3. The molecule has 5 nitrogen and oxygen atoms in total. The molecule has 1 aliphatic rings.